The van der Waals surface area contributed by atoms with Crippen LogP contribution in [0, 0.1) is 0 Å². The summed E-state index contributed by atoms with van der Waals surface area (Å²) in [6.07, 6.45) is -4.88. The lowest BCUT2D eigenvalue weighted by atomic mass is 10.1. The molecule has 1 atom stereocenters. The fraction of sp³-hybridized carbons (Fsp3) is 0.400. The molecule has 1 unspecified atom stereocenters. The van der Waals surface area contributed by atoms with Gasteiger partial charge in [-0.2, -0.15) is 13.2 Å². The van der Waals surface area contributed by atoms with Crippen molar-refractivity contribution < 1.29 is 27.2 Å². The first-order valence-corrected chi connectivity index (χ1v) is 6.63. The zero-order chi connectivity index (χ0) is 13.1. The summed E-state index contributed by atoms with van der Waals surface area (Å²) >= 11 is 0. The number of hydrogen-bond donors (Lipinski definition) is 1. The minimum Gasteiger partial charge on any atom is -0.324 e. The Morgan fingerprint density at radius 3 is 2.59 bits per heavy atom. The third-order valence-corrected chi connectivity index (χ3v) is 3.39. The predicted octanol–water partition coefficient (Wildman–Crippen LogP) is 3.43. The molecule has 1 aromatic carbocycles. The summed E-state index contributed by atoms with van der Waals surface area (Å²) in [4.78, 5) is 9.31. The van der Waals surface area contributed by atoms with Gasteiger partial charge in [0.05, 0.1) is 18.3 Å². The summed E-state index contributed by atoms with van der Waals surface area (Å²) < 4.78 is 53.1. The van der Waals surface area contributed by atoms with Gasteiger partial charge in [0.2, 0.25) is 0 Å². The SMILES string of the molecule is CCOP(=O)(O)Cc1cccc(C(F)(F)F)c1. The third kappa shape index (κ3) is 4.50. The lowest BCUT2D eigenvalue weighted by Gasteiger charge is -2.12. The number of benzene rings is 1. The van der Waals surface area contributed by atoms with E-state index in [1.165, 1.54) is 19.1 Å². The van der Waals surface area contributed by atoms with Crippen LogP contribution in [0.5, 0.6) is 0 Å². The first kappa shape index (κ1) is 14.2. The van der Waals surface area contributed by atoms with Crippen molar-refractivity contribution >= 4 is 7.60 Å². The molecule has 0 saturated heterocycles. The molecule has 0 aliphatic carbocycles. The number of hydrogen-bond acceptors (Lipinski definition) is 2. The molecule has 0 fully saturated rings. The van der Waals surface area contributed by atoms with Crippen LogP contribution in [0.15, 0.2) is 24.3 Å². The molecule has 1 rings (SSSR count). The molecule has 0 radical (unpaired) electrons. The maximum Gasteiger partial charge on any atom is 0.416 e. The van der Waals surface area contributed by atoms with Gasteiger partial charge >= 0.3 is 13.8 Å². The van der Waals surface area contributed by atoms with Crippen LogP contribution in [0.2, 0.25) is 0 Å². The molecule has 0 bridgehead atoms. The summed E-state index contributed by atoms with van der Waals surface area (Å²) in [6.45, 7) is 1.57. The predicted molar refractivity (Wildman–Crippen MR) is 56.6 cm³/mol. The Labute approximate surface area is 96.8 Å². The monoisotopic (exact) mass is 268 g/mol. The van der Waals surface area contributed by atoms with Crippen molar-refractivity contribution in [2.24, 2.45) is 0 Å². The highest BCUT2D eigenvalue weighted by Gasteiger charge is 2.31. The van der Waals surface area contributed by atoms with Crippen molar-refractivity contribution in [1.82, 2.24) is 0 Å². The summed E-state index contributed by atoms with van der Waals surface area (Å²) in [5.41, 5.74) is -0.717. The van der Waals surface area contributed by atoms with E-state index in [0.717, 1.165) is 12.1 Å². The maximum atomic E-state index is 12.4. The molecule has 0 aromatic heterocycles. The zero-order valence-electron chi connectivity index (χ0n) is 9.07. The highest BCUT2D eigenvalue weighted by atomic mass is 31.2. The Bertz CT molecular complexity index is 431. The summed E-state index contributed by atoms with van der Waals surface area (Å²) in [5.74, 6) is 0. The molecule has 1 N–H and O–H groups in total. The molecule has 1 aromatic rings. The lowest BCUT2D eigenvalue weighted by Crippen LogP contribution is -2.05. The van der Waals surface area contributed by atoms with E-state index in [4.69, 9.17) is 0 Å². The molecule has 3 nitrogen and oxygen atoms in total. The van der Waals surface area contributed by atoms with Crippen molar-refractivity contribution in [3.63, 3.8) is 0 Å². The van der Waals surface area contributed by atoms with Gasteiger partial charge in [-0.25, -0.2) is 0 Å². The van der Waals surface area contributed by atoms with Gasteiger partial charge < -0.3 is 9.42 Å². The Hall–Kier alpha value is -0.840. The van der Waals surface area contributed by atoms with Gasteiger partial charge in [-0.05, 0) is 18.6 Å². The number of rotatable bonds is 4. The van der Waals surface area contributed by atoms with Crippen LogP contribution in [0.1, 0.15) is 18.1 Å². The molecular formula is C10H12F3O3P. The molecule has 17 heavy (non-hydrogen) atoms. The quantitative estimate of drug-likeness (QED) is 0.851. The van der Waals surface area contributed by atoms with Gasteiger partial charge in [0.1, 0.15) is 0 Å². The van der Waals surface area contributed by atoms with Gasteiger partial charge in [0.25, 0.3) is 0 Å². The lowest BCUT2D eigenvalue weighted by molar-refractivity contribution is -0.137. The van der Waals surface area contributed by atoms with Crippen LogP contribution in [0.3, 0.4) is 0 Å². The first-order valence-electron chi connectivity index (χ1n) is 4.87. The highest BCUT2D eigenvalue weighted by molar-refractivity contribution is 7.51. The Morgan fingerprint density at radius 2 is 2.06 bits per heavy atom. The third-order valence-electron chi connectivity index (χ3n) is 1.97. The minimum absolute atomic E-state index is 0.0345. The highest BCUT2D eigenvalue weighted by Crippen LogP contribution is 2.45. The molecule has 0 aliphatic rings. The van der Waals surface area contributed by atoms with Crippen LogP contribution >= 0.6 is 7.60 Å². The van der Waals surface area contributed by atoms with Gasteiger partial charge in [0.15, 0.2) is 0 Å². The maximum absolute atomic E-state index is 12.4. The number of alkyl halides is 3. The van der Waals surface area contributed by atoms with Crippen LogP contribution in [-0.4, -0.2) is 11.5 Å². The topological polar surface area (TPSA) is 46.5 Å². The van der Waals surface area contributed by atoms with Crippen molar-refractivity contribution in [2.75, 3.05) is 6.61 Å². The average molecular weight is 268 g/mol. The molecule has 0 amide bonds. The largest absolute Gasteiger partial charge is 0.416 e. The van der Waals surface area contributed by atoms with Crippen LogP contribution in [-0.2, 0) is 21.4 Å². The van der Waals surface area contributed by atoms with E-state index in [1.807, 2.05) is 0 Å². The van der Waals surface area contributed by atoms with Gasteiger partial charge in [0, 0.05) is 0 Å². The van der Waals surface area contributed by atoms with E-state index >= 15 is 0 Å². The molecule has 0 aliphatic heterocycles. The Morgan fingerprint density at radius 1 is 1.41 bits per heavy atom. The van der Waals surface area contributed by atoms with Gasteiger partial charge in [-0.15, -0.1) is 0 Å². The van der Waals surface area contributed by atoms with E-state index in [0.29, 0.717) is 0 Å². The summed E-state index contributed by atoms with van der Waals surface area (Å²) in [7, 11) is -3.85. The Balaban J connectivity index is 2.90. The average Bonchev–Trinajstić information content (AvgIpc) is 2.15. The second-order valence-corrected chi connectivity index (χ2v) is 5.26. The molecular weight excluding hydrogens is 256 g/mol. The van der Waals surface area contributed by atoms with E-state index in [-0.39, 0.29) is 12.2 Å². The van der Waals surface area contributed by atoms with Crippen molar-refractivity contribution in [2.45, 2.75) is 19.3 Å². The molecule has 0 heterocycles. The van der Waals surface area contributed by atoms with E-state index in [9.17, 15) is 22.6 Å². The van der Waals surface area contributed by atoms with Crippen molar-refractivity contribution in [1.29, 1.82) is 0 Å². The van der Waals surface area contributed by atoms with E-state index in [1.54, 1.807) is 0 Å². The minimum atomic E-state index is -4.46. The van der Waals surface area contributed by atoms with Crippen LogP contribution < -0.4 is 0 Å². The van der Waals surface area contributed by atoms with Crippen LogP contribution in [0.25, 0.3) is 0 Å². The van der Waals surface area contributed by atoms with Crippen molar-refractivity contribution in [3.8, 4) is 0 Å². The fourth-order valence-electron chi connectivity index (χ4n) is 1.32. The second-order valence-electron chi connectivity index (χ2n) is 3.41. The standard InChI is InChI=1S/C10H12F3O3P/c1-2-16-17(14,15)7-8-4-3-5-9(6-8)10(11,12)13/h3-6H,2,7H2,1H3,(H,14,15). The van der Waals surface area contributed by atoms with Crippen LogP contribution in [0.4, 0.5) is 13.2 Å². The smallest absolute Gasteiger partial charge is 0.324 e. The first-order chi connectivity index (χ1) is 7.74. The van der Waals surface area contributed by atoms with Gasteiger partial charge in [-0.3, -0.25) is 4.57 Å². The summed E-state index contributed by atoms with van der Waals surface area (Å²) in [6, 6.07) is 4.32. The van der Waals surface area contributed by atoms with E-state index < -0.39 is 25.5 Å². The van der Waals surface area contributed by atoms with Crippen molar-refractivity contribution in [3.05, 3.63) is 35.4 Å². The molecule has 0 saturated carbocycles. The molecule has 0 spiro atoms. The van der Waals surface area contributed by atoms with Gasteiger partial charge in [-0.1, -0.05) is 18.2 Å². The van der Waals surface area contributed by atoms with E-state index in [2.05, 4.69) is 4.52 Å². The summed E-state index contributed by atoms with van der Waals surface area (Å²) in [5, 5.41) is 0. The number of halogens is 3. The molecule has 7 heteroatoms. The fourth-order valence-corrected chi connectivity index (χ4v) is 2.48. The Kier molecular flexibility index (Phi) is 4.36. The zero-order valence-corrected chi connectivity index (χ0v) is 9.96. The molecule has 96 valence electrons. The second kappa shape index (κ2) is 5.21. The normalized spacial score (nSPS) is 15.6.